The molecule has 4 nitrogen and oxygen atoms in total. The Kier molecular flexibility index (Phi) is 8.52. The molecule has 2 aromatic rings. The Balaban J connectivity index is 1.86. The van der Waals surface area contributed by atoms with Gasteiger partial charge in [0, 0.05) is 25.2 Å². The van der Waals surface area contributed by atoms with E-state index >= 15 is 0 Å². The van der Waals surface area contributed by atoms with Gasteiger partial charge in [-0.25, -0.2) is 0 Å². The zero-order chi connectivity index (χ0) is 23.1. The summed E-state index contributed by atoms with van der Waals surface area (Å²) < 4.78 is 5.50. The molecule has 172 valence electrons. The van der Waals surface area contributed by atoms with Gasteiger partial charge in [0.1, 0.15) is 5.75 Å². The van der Waals surface area contributed by atoms with E-state index in [0.717, 1.165) is 49.4 Å². The van der Waals surface area contributed by atoms with Crippen molar-refractivity contribution < 1.29 is 9.53 Å². The Hall–Kier alpha value is -2.59. The van der Waals surface area contributed by atoms with Crippen molar-refractivity contribution in [3.05, 3.63) is 70.8 Å². The molecule has 3 rings (SSSR count). The Bertz CT molecular complexity index is 931. The molecule has 0 saturated heterocycles. The maximum atomic E-state index is 12.8. The van der Waals surface area contributed by atoms with Crippen LogP contribution in [0.25, 0.3) is 6.08 Å². The summed E-state index contributed by atoms with van der Waals surface area (Å²) in [5.41, 5.74) is 4.70. The molecule has 4 heteroatoms. The molecule has 2 aromatic carbocycles. The van der Waals surface area contributed by atoms with Gasteiger partial charge in [-0.3, -0.25) is 4.79 Å². The first-order chi connectivity index (χ1) is 15.4. The Morgan fingerprint density at radius 1 is 1.09 bits per heavy atom. The number of hydrogen-bond acceptors (Lipinski definition) is 3. The molecule has 2 atom stereocenters. The lowest BCUT2D eigenvalue weighted by Crippen LogP contribution is -2.30. The van der Waals surface area contributed by atoms with Crippen molar-refractivity contribution in [2.24, 2.45) is 5.92 Å². The van der Waals surface area contributed by atoms with E-state index in [4.69, 9.17) is 4.74 Å². The van der Waals surface area contributed by atoms with Crippen LogP contribution in [0.15, 0.2) is 54.1 Å². The highest BCUT2D eigenvalue weighted by atomic mass is 16.5. The zero-order valence-electron chi connectivity index (χ0n) is 20.3. The van der Waals surface area contributed by atoms with E-state index in [-0.39, 0.29) is 5.91 Å². The van der Waals surface area contributed by atoms with Gasteiger partial charge in [0.15, 0.2) is 0 Å². The Labute approximate surface area is 193 Å². The summed E-state index contributed by atoms with van der Waals surface area (Å²) in [5.74, 6) is 2.11. The van der Waals surface area contributed by atoms with E-state index in [1.807, 2.05) is 43.0 Å². The second-order valence-corrected chi connectivity index (χ2v) is 9.05. The standard InChI is InChI=1S/C28H38N2O2/c1-6-30(7-2)28(31)24-12-8-10-21(17-24)16-22-14-15-25(20-29(3)4)27(18-22)23-11-9-13-26(19-23)32-5/h8-13,16-17,19,25,27H,6-7,14-15,18,20H2,1-5H3/b22-16-/t25-,27-/m1/s1. The minimum absolute atomic E-state index is 0.110. The van der Waals surface area contributed by atoms with Gasteiger partial charge < -0.3 is 14.5 Å². The normalized spacial score (nSPS) is 19.9. The third-order valence-electron chi connectivity index (χ3n) is 6.56. The van der Waals surface area contributed by atoms with Crippen LogP contribution < -0.4 is 4.74 Å². The van der Waals surface area contributed by atoms with Crippen molar-refractivity contribution in [2.75, 3.05) is 40.8 Å². The van der Waals surface area contributed by atoms with Crippen LogP contribution in [0.1, 0.15) is 60.5 Å². The first-order valence-corrected chi connectivity index (χ1v) is 11.8. The number of hydrogen-bond donors (Lipinski definition) is 0. The number of nitrogens with zero attached hydrogens (tertiary/aromatic N) is 2. The molecule has 0 unspecified atom stereocenters. The summed E-state index contributed by atoms with van der Waals surface area (Å²) in [7, 11) is 6.05. The largest absolute Gasteiger partial charge is 0.497 e. The fourth-order valence-corrected chi connectivity index (χ4v) is 4.89. The monoisotopic (exact) mass is 434 g/mol. The van der Waals surface area contributed by atoms with E-state index in [1.165, 1.54) is 17.6 Å². The third-order valence-corrected chi connectivity index (χ3v) is 6.56. The predicted octanol–water partition coefficient (Wildman–Crippen LogP) is 5.71. The van der Waals surface area contributed by atoms with Crippen molar-refractivity contribution in [3.8, 4) is 5.75 Å². The number of benzene rings is 2. The molecule has 1 aliphatic carbocycles. The van der Waals surface area contributed by atoms with Crippen LogP contribution in [-0.2, 0) is 0 Å². The number of methoxy groups -OCH3 is 1. The topological polar surface area (TPSA) is 32.8 Å². The average molecular weight is 435 g/mol. The Morgan fingerprint density at radius 2 is 1.84 bits per heavy atom. The number of amides is 1. The van der Waals surface area contributed by atoms with Gasteiger partial charge in [0.05, 0.1) is 7.11 Å². The summed E-state index contributed by atoms with van der Waals surface area (Å²) in [4.78, 5) is 17.0. The fourth-order valence-electron chi connectivity index (χ4n) is 4.89. The Morgan fingerprint density at radius 3 is 2.53 bits per heavy atom. The van der Waals surface area contributed by atoms with Crippen molar-refractivity contribution in [3.63, 3.8) is 0 Å². The number of rotatable bonds is 8. The second-order valence-electron chi connectivity index (χ2n) is 9.05. The zero-order valence-corrected chi connectivity index (χ0v) is 20.3. The summed E-state index contributed by atoms with van der Waals surface area (Å²) in [6.07, 6.45) is 5.62. The fraction of sp³-hybridized carbons (Fsp3) is 0.464. The van der Waals surface area contributed by atoms with E-state index < -0.39 is 0 Å². The van der Waals surface area contributed by atoms with Gasteiger partial charge in [-0.05, 0) is 94.4 Å². The first-order valence-electron chi connectivity index (χ1n) is 11.8. The molecule has 32 heavy (non-hydrogen) atoms. The van der Waals surface area contributed by atoms with Crippen LogP contribution in [0.3, 0.4) is 0 Å². The summed E-state index contributed by atoms with van der Waals surface area (Å²) in [6.45, 7) is 6.60. The van der Waals surface area contributed by atoms with Gasteiger partial charge in [-0.1, -0.05) is 35.9 Å². The highest BCUT2D eigenvalue weighted by Crippen LogP contribution is 2.42. The van der Waals surface area contributed by atoms with Gasteiger partial charge >= 0.3 is 0 Å². The van der Waals surface area contributed by atoms with Gasteiger partial charge in [0.25, 0.3) is 5.91 Å². The van der Waals surface area contributed by atoms with E-state index in [9.17, 15) is 4.79 Å². The number of ether oxygens (including phenoxy) is 1. The van der Waals surface area contributed by atoms with Gasteiger partial charge in [-0.15, -0.1) is 0 Å². The summed E-state index contributed by atoms with van der Waals surface area (Å²) in [6, 6.07) is 16.6. The molecule has 0 radical (unpaired) electrons. The van der Waals surface area contributed by atoms with E-state index in [1.54, 1.807) is 7.11 Å². The maximum absolute atomic E-state index is 12.8. The number of carbonyl (C=O) groups is 1. The van der Waals surface area contributed by atoms with Crippen LogP contribution in [0.2, 0.25) is 0 Å². The van der Waals surface area contributed by atoms with Crippen LogP contribution in [-0.4, -0.2) is 56.5 Å². The first kappa shape index (κ1) is 24.1. The van der Waals surface area contributed by atoms with E-state index in [0.29, 0.717) is 11.8 Å². The smallest absolute Gasteiger partial charge is 0.253 e. The quantitative estimate of drug-likeness (QED) is 0.534. The van der Waals surface area contributed by atoms with Crippen LogP contribution >= 0.6 is 0 Å². The lowest BCUT2D eigenvalue weighted by molar-refractivity contribution is 0.0773. The highest BCUT2D eigenvalue weighted by Gasteiger charge is 2.29. The highest BCUT2D eigenvalue weighted by molar-refractivity contribution is 5.94. The minimum Gasteiger partial charge on any atom is -0.497 e. The summed E-state index contributed by atoms with van der Waals surface area (Å²) in [5, 5.41) is 0. The molecule has 0 aromatic heterocycles. The van der Waals surface area contributed by atoms with E-state index in [2.05, 4.69) is 49.3 Å². The maximum Gasteiger partial charge on any atom is 0.253 e. The van der Waals surface area contributed by atoms with Gasteiger partial charge in [-0.2, -0.15) is 0 Å². The van der Waals surface area contributed by atoms with Crippen molar-refractivity contribution in [2.45, 2.75) is 39.0 Å². The molecule has 0 aliphatic heterocycles. The minimum atomic E-state index is 0.110. The SMILES string of the molecule is CCN(CC)C(=O)c1cccc(/C=C2/CC[C@H](CN(C)C)[C@@H](c3cccc(OC)c3)C2)c1. The predicted molar refractivity (Wildman–Crippen MR) is 133 cm³/mol. The average Bonchev–Trinajstić information content (AvgIpc) is 2.80. The molecule has 0 N–H and O–H groups in total. The molecule has 0 bridgehead atoms. The summed E-state index contributed by atoms with van der Waals surface area (Å²) >= 11 is 0. The van der Waals surface area contributed by atoms with Crippen LogP contribution in [0.5, 0.6) is 5.75 Å². The molecule has 1 saturated carbocycles. The van der Waals surface area contributed by atoms with Crippen molar-refractivity contribution in [1.82, 2.24) is 9.80 Å². The second kappa shape index (κ2) is 11.3. The van der Waals surface area contributed by atoms with Crippen LogP contribution in [0.4, 0.5) is 0 Å². The molecule has 1 amide bonds. The molecular formula is C28H38N2O2. The third kappa shape index (κ3) is 6.01. The molecular weight excluding hydrogens is 396 g/mol. The van der Waals surface area contributed by atoms with Gasteiger partial charge in [0.2, 0.25) is 0 Å². The van der Waals surface area contributed by atoms with Crippen molar-refractivity contribution >= 4 is 12.0 Å². The van der Waals surface area contributed by atoms with Crippen LogP contribution in [0, 0.1) is 5.92 Å². The number of allylic oxidation sites excluding steroid dienone is 1. The van der Waals surface area contributed by atoms with Crippen molar-refractivity contribution in [1.29, 1.82) is 0 Å². The number of carbonyl (C=O) groups excluding carboxylic acids is 1. The molecule has 0 heterocycles. The molecule has 0 spiro atoms. The molecule has 1 aliphatic rings. The molecule has 1 fully saturated rings. The lowest BCUT2D eigenvalue weighted by atomic mass is 9.73. The lowest BCUT2D eigenvalue weighted by Gasteiger charge is -2.35.